The SMILES string of the molecule is CN=C(NCC(c1ccccc1OC)N1CCCC1)NCC1(N2CCCC2)CCOCC1. The number of nitrogens with zero attached hydrogens (tertiary/aromatic N) is 3. The normalized spacial score (nSPS) is 23.2. The van der Waals surface area contributed by atoms with Crippen molar-refractivity contribution < 1.29 is 9.47 Å². The van der Waals surface area contributed by atoms with Crippen LogP contribution in [-0.4, -0.2) is 87.9 Å². The quantitative estimate of drug-likeness (QED) is 0.476. The fourth-order valence-corrected chi connectivity index (χ4v) is 5.64. The van der Waals surface area contributed by atoms with Gasteiger partial charge in [-0.1, -0.05) is 18.2 Å². The van der Waals surface area contributed by atoms with E-state index in [0.29, 0.717) is 0 Å². The Morgan fingerprint density at radius 1 is 1.06 bits per heavy atom. The topological polar surface area (TPSA) is 61.4 Å². The molecule has 0 spiro atoms. The molecule has 0 amide bonds. The van der Waals surface area contributed by atoms with E-state index in [4.69, 9.17) is 9.47 Å². The highest BCUT2D eigenvalue weighted by molar-refractivity contribution is 5.79. The Bertz CT molecular complexity index is 738. The summed E-state index contributed by atoms with van der Waals surface area (Å²) in [5.41, 5.74) is 1.43. The van der Waals surface area contributed by atoms with Crippen LogP contribution in [0.25, 0.3) is 0 Å². The molecule has 0 saturated carbocycles. The standard InChI is InChI=1S/C25H41N5O2/c1-26-24(28-20-25(11-17-32-18-12-25)30-15-7-8-16-30)27-19-22(29-13-5-6-14-29)21-9-3-4-10-23(21)31-2/h3-4,9-10,22H,5-8,11-20H2,1-2H3,(H2,26,27,28). The van der Waals surface area contributed by atoms with Gasteiger partial charge in [-0.05, 0) is 70.8 Å². The molecule has 178 valence electrons. The number of aliphatic imine (C=N–C) groups is 1. The van der Waals surface area contributed by atoms with Crippen molar-refractivity contribution in [2.45, 2.75) is 50.1 Å². The van der Waals surface area contributed by atoms with Crippen LogP contribution in [0.5, 0.6) is 5.75 Å². The molecule has 2 N–H and O–H groups in total. The van der Waals surface area contributed by atoms with Gasteiger partial charge in [0, 0.05) is 44.5 Å². The largest absolute Gasteiger partial charge is 0.496 e. The lowest BCUT2D eigenvalue weighted by molar-refractivity contribution is -0.0164. The molecule has 32 heavy (non-hydrogen) atoms. The van der Waals surface area contributed by atoms with E-state index in [9.17, 15) is 0 Å². The van der Waals surface area contributed by atoms with Crippen LogP contribution in [0.15, 0.2) is 29.3 Å². The average molecular weight is 444 g/mol. The van der Waals surface area contributed by atoms with E-state index in [0.717, 1.165) is 63.9 Å². The first-order valence-electron chi connectivity index (χ1n) is 12.4. The number of hydrogen-bond donors (Lipinski definition) is 2. The van der Waals surface area contributed by atoms with Gasteiger partial charge in [0.05, 0.1) is 13.2 Å². The van der Waals surface area contributed by atoms with E-state index in [2.05, 4.69) is 43.6 Å². The highest BCUT2D eigenvalue weighted by atomic mass is 16.5. The zero-order chi connectivity index (χ0) is 22.2. The van der Waals surface area contributed by atoms with Crippen LogP contribution in [0.2, 0.25) is 0 Å². The first kappa shape index (κ1) is 23.3. The third-order valence-corrected chi connectivity index (χ3v) is 7.55. The second-order valence-electron chi connectivity index (χ2n) is 9.34. The lowest BCUT2D eigenvalue weighted by Gasteiger charge is -2.45. The van der Waals surface area contributed by atoms with Gasteiger partial charge in [-0.2, -0.15) is 0 Å². The van der Waals surface area contributed by atoms with Crippen LogP contribution in [0.3, 0.4) is 0 Å². The van der Waals surface area contributed by atoms with Gasteiger partial charge < -0.3 is 20.1 Å². The Morgan fingerprint density at radius 3 is 2.44 bits per heavy atom. The number of methoxy groups -OCH3 is 1. The Hall–Kier alpha value is -1.83. The zero-order valence-corrected chi connectivity index (χ0v) is 19.9. The van der Waals surface area contributed by atoms with E-state index >= 15 is 0 Å². The molecule has 1 aromatic rings. The first-order chi connectivity index (χ1) is 15.8. The number of ether oxygens (including phenoxy) is 2. The van der Waals surface area contributed by atoms with Crippen LogP contribution in [-0.2, 0) is 4.74 Å². The molecule has 1 unspecified atom stereocenters. The molecule has 3 aliphatic heterocycles. The van der Waals surface area contributed by atoms with Crippen molar-refractivity contribution in [2.24, 2.45) is 4.99 Å². The molecular formula is C25H41N5O2. The number of guanidine groups is 1. The lowest BCUT2D eigenvalue weighted by atomic mass is 9.88. The van der Waals surface area contributed by atoms with E-state index in [1.165, 1.54) is 44.3 Å². The number of hydrogen-bond acceptors (Lipinski definition) is 5. The van der Waals surface area contributed by atoms with Crippen LogP contribution >= 0.6 is 0 Å². The van der Waals surface area contributed by atoms with Gasteiger partial charge >= 0.3 is 0 Å². The highest BCUT2D eigenvalue weighted by Gasteiger charge is 2.39. The summed E-state index contributed by atoms with van der Waals surface area (Å²) in [7, 11) is 3.63. The molecule has 3 aliphatic rings. The molecular weight excluding hydrogens is 402 g/mol. The summed E-state index contributed by atoms with van der Waals surface area (Å²) in [5.74, 6) is 1.85. The second-order valence-corrected chi connectivity index (χ2v) is 9.34. The predicted molar refractivity (Wildman–Crippen MR) is 129 cm³/mol. The van der Waals surface area contributed by atoms with Crippen molar-refractivity contribution in [3.05, 3.63) is 29.8 Å². The molecule has 7 heteroatoms. The third-order valence-electron chi connectivity index (χ3n) is 7.55. The minimum atomic E-state index is 0.184. The van der Waals surface area contributed by atoms with Gasteiger partial charge in [-0.15, -0.1) is 0 Å². The van der Waals surface area contributed by atoms with Crippen LogP contribution < -0.4 is 15.4 Å². The summed E-state index contributed by atoms with van der Waals surface area (Å²) in [6.07, 6.45) is 7.33. The number of para-hydroxylation sites is 1. The maximum absolute atomic E-state index is 5.71. The summed E-state index contributed by atoms with van der Waals surface area (Å²) < 4.78 is 11.4. The smallest absolute Gasteiger partial charge is 0.191 e. The van der Waals surface area contributed by atoms with E-state index in [-0.39, 0.29) is 11.6 Å². The summed E-state index contributed by atoms with van der Waals surface area (Å²) >= 11 is 0. The number of likely N-dealkylation sites (tertiary alicyclic amines) is 2. The Labute approximate surface area is 193 Å². The molecule has 0 radical (unpaired) electrons. The minimum absolute atomic E-state index is 0.184. The maximum Gasteiger partial charge on any atom is 0.191 e. The molecule has 1 atom stereocenters. The summed E-state index contributed by atoms with van der Waals surface area (Å²) in [6, 6.07) is 8.69. The average Bonchev–Trinajstić information content (AvgIpc) is 3.57. The summed E-state index contributed by atoms with van der Waals surface area (Å²) in [6.45, 7) is 8.11. The van der Waals surface area contributed by atoms with Crippen molar-refractivity contribution in [1.82, 2.24) is 20.4 Å². The molecule has 0 aromatic heterocycles. The van der Waals surface area contributed by atoms with E-state index in [1.807, 2.05) is 13.1 Å². The summed E-state index contributed by atoms with van der Waals surface area (Å²) in [4.78, 5) is 9.82. The van der Waals surface area contributed by atoms with E-state index < -0.39 is 0 Å². The fourth-order valence-electron chi connectivity index (χ4n) is 5.64. The van der Waals surface area contributed by atoms with Crippen LogP contribution in [0, 0.1) is 0 Å². The fraction of sp³-hybridized carbons (Fsp3) is 0.720. The molecule has 3 saturated heterocycles. The Balaban J connectivity index is 1.41. The van der Waals surface area contributed by atoms with Crippen molar-refractivity contribution in [3.8, 4) is 5.75 Å². The van der Waals surface area contributed by atoms with Gasteiger partial charge in [-0.25, -0.2) is 0 Å². The van der Waals surface area contributed by atoms with Gasteiger partial charge in [0.2, 0.25) is 0 Å². The Morgan fingerprint density at radius 2 is 1.75 bits per heavy atom. The maximum atomic E-state index is 5.71. The predicted octanol–water partition coefficient (Wildman–Crippen LogP) is 2.64. The Kier molecular flexibility index (Phi) is 8.27. The number of nitrogens with one attached hydrogen (secondary N) is 2. The van der Waals surface area contributed by atoms with Gasteiger partial charge in [0.25, 0.3) is 0 Å². The highest BCUT2D eigenvalue weighted by Crippen LogP contribution is 2.32. The van der Waals surface area contributed by atoms with Crippen LogP contribution in [0.1, 0.15) is 50.1 Å². The van der Waals surface area contributed by atoms with Crippen molar-refractivity contribution in [1.29, 1.82) is 0 Å². The van der Waals surface area contributed by atoms with E-state index in [1.54, 1.807) is 7.11 Å². The molecule has 0 aliphatic carbocycles. The minimum Gasteiger partial charge on any atom is -0.496 e. The molecule has 7 nitrogen and oxygen atoms in total. The van der Waals surface area contributed by atoms with Crippen molar-refractivity contribution in [2.75, 3.05) is 66.6 Å². The van der Waals surface area contributed by atoms with Crippen molar-refractivity contribution >= 4 is 5.96 Å². The van der Waals surface area contributed by atoms with Crippen molar-refractivity contribution in [3.63, 3.8) is 0 Å². The molecule has 1 aromatic carbocycles. The zero-order valence-electron chi connectivity index (χ0n) is 19.9. The molecule has 4 rings (SSSR count). The molecule has 3 heterocycles. The molecule has 0 bridgehead atoms. The number of rotatable bonds is 8. The first-order valence-corrected chi connectivity index (χ1v) is 12.4. The second kappa shape index (κ2) is 11.3. The van der Waals surface area contributed by atoms with Gasteiger partial charge in [0.1, 0.15) is 5.75 Å². The summed E-state index contributed by atoms with van der Waals surface area (Å²) in [5, 5.41) is 7.31. The van der Waals surface area contributed by atoms with Gasteiger partial charge in [0.15, 0.2) is 5.96 Å². The van der Waals surface area contributed by atoms with Crippen LogP contribution in [0.4, 0.5) is 0 Å². The van der Waals surface area contributed by atoms with Gasteiger partial charge in [-0.3, -0.25) is 14.8 Å². The lowest BCUT2D eigenvalue weighted by Crippen LogP contribution is -2.58. The number of benzene rings is 1. The molecule has 3 fully saturated rings. The monoisotopic (exact) mass is 443 g/mol. The third kappa shape index (κ3) is 5.38.